The average molecular weight is 140 g/mol. The summed E-state index contributed by atoms with van der Waals surface area (Å²) in [5.41, 5.74) is -0.448. The van der Waals surface area contributed by atoms with E-state index in [0.29, 0.717) is 0 Å². The first-order valence-corrected chi connectivity index (χ1v) is 3.09. The van der Waals surface area contributed by atoms with Gasteiger partial charge >= 0.3 is 5.97 Å². The summed E-state index contributed by atoms with van der Waals surface area (Å²) in [7, 11) is 0. The lowest BCUT2D eigenvalue weighted by atomic mass is 9.97. The molecule has 0 amide bonds. The highest BCUT2D eigenvalue weighted by atomic mass is 16.5. The average Bonchev–Trinajstić information content (AvgIpc) is 1.80. The Labute approximate surface area is 61.6 Å². The molecule has 2 nitrogen and oxygen atoms in total. The molecule has 0 radical (unpaired) electrons. The van der Waals surface area contributed by atoms with Gasteiger partial charge in [0, 0.05) is 0 Å². The molecule has 0 aromatic heterocycles. The molecule has 0 N–H and O–H groups in total. The van der Waals surface area contributed by atoms with Gasteiger partial charge in [-0.3, -0.25) is 4.79 Å². The zero-order valence-electron chi connectivity index (χ0n) is 6.60. The third-order valence-electron chi connectivity index (χ3n) is 0.899. The van der Waals surface area contributed by atoms with Crippen molar-refractivity contribution in [2.45, 2.75) is 20.8 Å². The molecule has 0 spiro atoms. The highest BCUT2D eigenvalue weighted by Crippen LogP contribution is 2.14. The molecule has 0 aromatic rings. The fourth-order valence-electron chi connectivity index (χ4n) is 0.324. The Hall–Kier alpha value is -0.970. The summed E-state index contributed by atoms with van der Waals surface area (Å²) in [5, 5.41) is 0. The van der Waals surface area contributed by atoms with Crippen molar-refractivity contribution in [1.82, 2.24) is 0 Å². The summed E-state index contributed by atoms with van der Waals surface area (Å²) >= 11 is 0. The van der Waals surface area contributed by atoms with Crippen LogP contribution in [0, 0.1) is 17.8 Å². The lowest BCUT2D eigenvalue weighted by molar-refractivity contribution is -0.151. The maximum atomic E-state index is 10.9. The molecule has 0 fully saturated rings. The van der Waals surface area contributed by atoms with Crippen LogP contribution in [-0.4, -0.2) is 12.6 Å². The predicted molar refractivity (Wildman–Crippen MR) is 39.2 cm³/mol. The van der Waals surface area contributed by atoms with Gasteiger partial charge in [0.2, 0.25) is 0 Å². The van der Waals surface area contributed by atoms with Gasteiger partial charge in [-0.2, -0.15) is 0 Å². The molecule has 0 heterocycles. The van der Waals surface area contributed by atoms with Crippen molar-refractivity contribution in [1.29, 1.82) is 0 Å². The molecule has 56 valence electrons. The standard InChI is InChI=1S/C8H12O2/c1-5-6-10-7(9)8(2,3)4/h1H,6H2,2-4H3. The first kappa shape index (κ1) is 9.03. The van der Waals surface area contributed by atoms with Gasteiger partial charge < -0.3 is 4.74 Å². The van der Waals surface area contributed by atoms with E-state index >= 15 is 0 Å². The summed E-state index contributed by atoms with van der Waals surface area (Å²) < 4.78 is 4.68. The number of ether oxygens (including phenoxy) is 1. The minimum atomic E-state index is -0.448. The quantitative estimate of drug-likeness (QED) is 0.404. The second-order valence-electron chi connectivity index (χ2n) is 3.03. The van der Waals surface area contributed by atoms with E-state index in [1.807, 2.05) is 0 Å². The molecule has 2 heteroatoms. The van der Waals surface area contributed by atoms with Gasteiger partial charge in [-0.25, -0.2) is 0 Å². The molecule has 0 atom stereocenters. The van der Waals surface area contributed by atoms with E-state index in [0.717, 1.165) is 0 Å². The van der Waals surface area contributed by atoms with Crippen LogP contribution in [0.25, 0.3) is 0 Å². The van der Waals surface area contributed by atoms with Crippen molar-refractivity contribution in [2.75, 3.05) is 6.61 Å². The normalized spacial score (nSPS) is 10.2. The molecule has 0 aliphatic carbocycles. The number of terminal acetylenes is 1. The zero-order valence-corrected chi connectivity index (χ0v) is 6.60. The number of carbonyl (C=O) groups excluding carboxylic acids is 1. The second kappa shape index (κ2) is 3.26. The lowest BCUT2D eigenvalue weighted by Gasteiger charge is -2.14. The molecule has 0 aliphatic heterocycles. The largest absolute Gasteiger partial charge is 0.452 e. The third kappa shape index (κ3) is 3.13. The number of rotatable bonds is 1. The van der Waals surface area contributed by atoms with Gasteiger partial charge in [0.25, 0.3) is 0 Å². The van der Waals surface area contributed by atoms with Crippen molar-refractivity contribution in [3.05, 3.63) is 0 Å². The lowest BCUT2D eigenvalue weighted by Crippen LogP contribution is -2.22. The van der Waals surface area contributed by atoms with Crippen molar-refractivity contribution in [2.24, 2.45) is 5.41 Å². The molecule has 0 saturated carbocycles. The van der Waals surface area contributed by atoms with Crippen LogP contribution in [0.15, 0.2) is 0 Å². The molecule has 0 unspecified atom stereocenters. The molecule has 10 heavy (non-hydrogen) atoms. The highest BCUT2D eigenvalue weighted by Gasteiger charge is 2.22. The van der Waals surface area contributed by atoms with Crippen LogP contribution in [-0.2, 0) is 9.53 Å². The molecule has 0 saturated heterocycles. The molecule has 0 bridgehead atoms. The van der Waals surface area contributed by atoms with Crippen molar-refractivity contribution >= 4 is 5.97 Å². The smallest absolute Gasteiger partial charge is 0.312 e. The van der Waals surface area contributed by atoms with Gasteiger partial charge in [0.15, 0.2) is 6.61 Å². The summed E-state index contributed by atoms with van der Waals surface area (Å²) in [6.07, 6.45) is 4.89. The summed E-state index contributed by atoms with van der Waals surface area (Å²) in [6.45, 7) is 5.42. The van der Waals surface area contributed by atoms with Gasteiger partial charge in [-0.05, 0) is 20.8 Å². The summed E-state index contributed by atoms with van der Waals surface area (Å²) in [4.78, 5) is 10.9. The van der Waals surface area contributed by atoms with Crippen molar-refractivity contribution in [3.63, 3.8) is 0 Å². The molecular weight excluding hydrogens is 128 g/mol. The van der Waals surface area contributed by atoms with E-state index in [4.69, 9.17) is 6.42 Å². The Morgan fingerprint density at radius 1 is 1.60 bits per heavy atom. The number of hydrogen-bond donors (Lipinski definition) is 0. The number of hydrogen-bond acceptors (Lipinski definition) is 2. The number of carbonyl (C=O) groups is 1. The SMILES string of the molecule is C#CCOC(=O)C(C)(C)C. The summed E-state index contributed by atoms with van der Waals surface area (Å²) in [6, 6.07) is 0. The zero-order chi connectivity index (χ0) is 8.20. The predicted octanol–water partition coefficient (Wildman–Crippen LogP) is 1.21. The highest BCUT2D eigenvalue weighted by molar-refractivity contribution is 5.75. The molecular formula is C8H12O2. The van der Waals surface area contributed by atoms with Crippen LogP contribution in [0.5, 0.6) is 0 Å². The minimum Gasteiger partial charge on any atom is -0.452 e. The van der Waals surface area contributed by atoms with Crippen LogP contribution in [0.2, 0.25) is 0 Å². The van der Waals surface area contributed by atoms with E-state index in [1.165, 1.54) is 0 Å². The van der Waals surface area contributed by atoms with Gasteiger partial charge in [-0.15, -0.1) is 6.42 Å². The number of esters is 1. The van der Waals surface area contributed by atoms with E-state index < -0.39 is 5.41 Å². The van der Waals surface area contributed by atoms with Gasteiger partial charge in [0.05, 0.1) is 5.41 Å². The van der Waals surface area contributed by atoms with E-state index in [-0.39, 0.29) is 12.6 Å². The van der Waals surface area contributed by atoms with Crippen LogP contribution in [0.3, 0.4) is 0 Å². The monoisotopic (exact) mass is 140 g/mol. The maximum absolute atomic E-state index is 10.9. The molecule has 0 aromatic carbocycles. The Bertz CT molecular complexity index is 157. The first-order chi connectivity index (χ1) is 4.48. The fraction of sp³-hybridized carbons (Fsp3) is 0.625. The van der Waals surface area contributed by atoms with Crippen molar-refractivity contribution < 1.29 is 9.53 Å². The van der Waals surface area contributed by atoms with Crippen LogP contribution in [0.1, 0.15) is 20.8 Å². The van der Waals surface area contributed by atoms with Crippen LogP contribution >= 0.6 is 0 Å². The van der Waals surface area contributed by atoms with Crippen LogP contribution in [0.4, 0.5) is 0 Å². The Balaban J connectivity index is 3.78. The van der Waals surface area contributed by atoms with Crippen molar-refractivity contribution in [3.8, 4) is 12.3 Å². The van der Waals surface area contributed by atoms with Gasteiger partial charge in [0.1, 0.15) is 0 Å². The Morgan fingerprint density at radius 3 is 2.40 bits per heavy atom. The fourth-order valence-corrected chi connectivity index (χ4v) is 0.324. The van der Waals surface area contributed by atoms with E-state index in [1.54, 1.807) is 20.8 Å². The topological polar surface area (TPSA) is 26.3 Å². The molecule has 0 aliphatic rings. The first-order valence-electron chi connectivity index (χ1n) is 3.09. The molecule has 0 rings (SSSR count). The maximum Gasteiger partial charge on any atom is 0.312 e. The Kier molecular flexibility index (Phi) is 2.95. The van der Waals surface area contributed by atoms with Crippen LogP contribution < -0.4 is 0 Å². The third-order valence-corrected chi connectivity index (χ3v) is 0.899. The second-order valence-corrected chi connectivity index (χ2v) is 3.03. The van der Waals surface area contributed by atoms with E-state index in [2.05, 4.69) is 10.7 Å². The minimum absolute atomic E-state index is 0.0656. The Morgan fingerprint density at radius 2 is 2.10 bits per heavy atom. The van der Waals surface area contributed by atoms with E-state index in [9.17, 15) is 4.79 Å². The summed E-state index contributed by atoms with van der Waals surface area (Å²) in [5.74, 6) is 1.97. The van der Waals surface area contributed by atoms with Gasteiger partial charge in [-0.1, -0.05) is 5.92 Å².